The maximum atomic E-state index is 2.59. The third-order valence-corrected chi connectivity index (χ3v) is 4.94. The summed E-state index contributed by atoms with van der Waals surface area (Å²) in [4.78, 5) is 0. The van der Waals surface area contributed by atoms with E-state index in [4.69, 9.17) is 0 Å². The molecule has 0 bridgehead atoms. The molecule has 0 spiro atoms. The summed E-state index contributed by atoms with van der Waals surface area (Å²) in [5.74, 6) is 4.58. The molecule has 0 aromatic heterocycles. The predicted octanol–water partition coefficient (Wildman–Crippen LogP) is 3.72. The maximum Gasteiger partial charge on any atom is 0.00169 e. The molecule has 0 saturated heterocycles. The third kappa shape index (κ3) is 1.14. The summed E-state index contributed by atoms with van der Waals surface area (Å²) in [6, 6.07) is 0. The van der Waals surface area contributed by atoms with E-state index < -0.39 is 0 Å². The van der Waals surface area contributed by atoms with Crippen molar-refractivity contribution in [2.75, 3.05) is 0 Å². The van der Waals surface area contributed by atoms with E-state index in [0.29, 0.717) is 0 Å². The van der Waals surface area contributed by atoms with Crippen LogP contribution in [-0.2, 0) is 0 Å². The third-order valence-electron chi connectivity index (χ3n) is 4.94. The zero-order valence-electron chi connectivity index (χ0n) is 9.10. The van der Waals surface area contributed by atoms with E-state index >= 15 is 0 Å². The molecule has 1 saturated carbocycles. The first-order valence-corrected chi connectivity index (χ1v) is 6.47. The quantitative estimate of drug-likeness (QED) is 0.520. The molecule has 0 aromatic rings. The van der Waals surface area contributed by atoms with Crippen LogP contribution in [0.15, 0.2) is 36.0 Å². The second-order valence-corrected chi connectivity index (χ2v) is 5.74. The molecule has 0 heterocycles. The molecule has 0 amide bonds. The van der Waals surface area contributed by atoms with Crippen molar-refractivity contribution in [3.05, 3.63) is 36.0 Å². The number of hydrogen-bond acceptors (Lipinski definition) is 0. The SMILES string of the molecule is C1=CC2C3=CCC4CC4C3C=CCC2C1. The van der Waals surface area contributed by atoms with E-state index in [1.165, 1.54) is 25.7 Å². The highest BCUT2D eigenvalue weighted by Gasteiger charge is 2.47. The first-order chi connectivity index (χ1) is 7.43. The molecule has 15 heavy (non-hydrogen) atoms. The lowest BCUT2D eigenvalue weighted by Crippen LogP contribution is -2.18. The van der Waals surface area contributed by atoms with Gasteiger partial charge in [-0.1, -0.05) is 36.0 Å². The minimum absolute atomic E-state index is 0.798. The van der Waals surface area contributed by atoms with Crippen molar-refractivity contribution in [1.29, 1.82) is 0 Å². The Bertz CT molecular complexity index is 371. The highest BCUT2D eigenvalue weighted by molar-refractivity contribution is 5.32. The summed E-state index contributed by atoms with van der Waals surface area (Å²) in [6.07, 6.45) is 18.0. The molecule has 5 atom stereocenters. The van der Waals surface area contributed by atoms with Gasteiger partial charge in [-0.3, -0.25) is 0 Å². The van der Waals surface area contributed by atoms with Gasteiger partial charge in [0, 0.05) is 11.8 Å². The van der Waals surface area contributed by atoms with Gasteiger partial charge in [0.15, 0.2) is 0 Å². The molecule has 0 aliphatic heterocycles. The minimum Gasteiger partial charge on any atom is -0.0876 e. The minimum atomic E-state index is 0.798. The number of allylic oxidation sites excluding steroid dienone is 6. The molecular weight excluding hydrogens is 180 g/mol. The molecule has 0 N–H and O–H groups in total. The van der Waals surface area contributed by atoms with Crippen LogP contribution in [0, 0.1) is 29.6 Å². The van der Waals surface area contributed by atoms with Crippen LogP contribution in [0.2, 0.25) is 0 Å². The summed E-state index contributed by atoms with van der Waals surface area (Å²) >= 11 is 0. The van der Waals surface area contributed by atoms with Gasteiger partial charge in [0.25, 0.3) is 0 Å². The molecule has 78 valence electrons. The van der Waals surface area contributed by atoms with Crippen LogP contribution in [0.5, 0.6) is 0 Å². The smallest absolute Gasteiger partial charge is 0.00169 e. The highest BCUT2D eigenvalue weighted by atomic mass is 14.5. The van der Waals surface area contributed by atoms with Crippen molar-refractivity contribution in [3.8, 4) is 0 Å². The Hall–Kier alpha value is -0.780. The lowest BCUT2D eigenvalue weighted by molar-refractivity contribution is 0.434. The molecule has 5 unspecified atom stereocenters. The van der Waals surface area contributed by atoms with Crippen LogP contribution in [0.25, 0.3) is 0 Å². The molecule has 0 nitrogen and oxygen atoms in total. The molecule has 4 aliphatic carbocycles. The van der Waals surface area contributed by atoms with Crippen LogP contribution in [0.1, 0.15) is 25.7 Å². The Morgan fingerprint density at radius 2 is 1.67 bits per heavy atom. The van der Waals surface area contributed by atoms with E-state index in [9.17, 15) is 0 Å². The largest absolute Gasteiger partial charge is 0.0876 e. The zero-order valence-corrected chi connectivity index (χ0v) is 9.10. The Kier molecular flexibility index (Phi) is 1.60. The average molecular weight is 198 g/mol. The van der Waals surface area contributed by atoms with E-state index in [1.807, 2.05) is 0 Å². The van der Waals surface area contributed by atoms with Gasteiger partial charge in [0.2, 0.25) is 0 Å². The molecule has 0 heteroatoms. The van der Waals surface area contributed by atoms with E-state index in [2.05, 4.69) is 30.4 Å². The molecule has 0 radical (unpaired) electrons. The van der Waals surface area contributed by atoms with Crippen molar-refractivity contribution >= 4 is 0 Å². The Balaban J connectivity index is 1.76. The fourth-order valence-electron chi connectivity index (χ4n) is 3.99. The summed E-state index contributed by atoms with van der Waals surface area (Å²) in [5.41, 5.74) is 1.78. The summed E-state index contributed by atoms with van der Waals surface area (Å²) < 4.78 is 0. The van der Waals surface area contributed by atoms with Crippen molar-refractivity contribution in [2.24, 2.45) is 29.6 Å². The Morgan fingerprint density at radius 1 is 0.867 bits per heavy atom. The van der Waals surface area contributed by atoms with E-state index in [0.717, 1.165) is 29.6 Å². The summed E-state index contributed by atoms with van der Waals surface area (Å²) in [7, 11) is 0. The van der Waals surface area contributed by atoms with Crippen LogP contribution >= 0.6 is 0 Å². The zero-order chi connectivity index (χ0) is 9.83. The lowest BCUT2D eigenvalue weighted by atomic mass is 9.78. The Labute approximate surface area is 91.8 Å². The van der Waals surface area contributed by atoms with Gasteiger partial charge >= 0.3 is 0 Å². The van der Waals surface area contributed by atoms with Crippen LogP contribution in [0.3, 0.4) is 0 Å². The summed E-state index contributed by atoms with van der Waals surface area (Å²) in [5, 5.41) is 0. The van der Waals surface area contributed by atoms with E-state index in [-0.39, 0.29) is 0 Å². The van der Waals surface area contributed by atoms with Gasteiger partial charge in [-0.25, -0.2) is 0 Å². The fraction of sp³-hybridized carbons (Fsp3) is 0.600. The first-order valence-electron chi connectivity index (χ1n) is 6.47. The average Bonchev–Trinajstić information content (AvgIpc) is 2.94. The maximum absolute atomic E-state index is 2.59. The second kappa shape index (κ2) is 2.87. The van der Waals surface area contributed by atoms with E-state index in [1.54, 1.807) is 5.57 Å². The number of hydrogen-bond donors (Lipinski definition) is 0. The second-order valence-electron chi connectivity index (χ2n) is 5.74. The predicted molar refractivity (Wildman–Crippen MR) is 62.3 cm³/mol. The summed E-state index contributed by atoms with van der Waals surface area (Å²) in [6.45, 7) is 0. The van der Waals surface area contributed by atoms with Gasteiger partial charge in [0.05, 0.1) is 0 Å². The van der Waals surface area contributed by atoms with Crippen LogP contribution in [0.4, 0.5) is 0 Å². The first kappa shape index (κ1) is 8.38. The molecule has 4 rings (SSSR count). The fourth-order valence-corrected chi connectivity index (χ4v) is 3.99. The molecular formula is C15H18. The van der Waals surface area contributed by atoms with Crippen LogP contribution < -0.4 is 0 Å². The number of fused-ring (bicyclic) bond motifs is 5. The van der Waals surface area contributed by atoms with Crippen molar-refractivity contribution in [2.45, 2.75) is 25.7 Å². The van der Waals surface area contributed by atoms with Gasteiger partial charge in [-0.2, -0.15) is 0 Å². The van der Waals surface area contributed by atoms with Crippen molar-refractivity contribution < 1.29 is 0 Å². The topological polar surface area (TPSA) is 0 Å². The van der Waals surface area contributed by atoms with Crippen molar-refractivity contribution in [1.82, 2.24) is 0 Å². The highest BCUT2D eigenvalue weighted by Crippen LogP contribution is 2.56. The van der Waals surface area contributed by atoms with Crippen molar-refractivity contribution in [3.63, 3.8) is 0 Å². The van der Waals surface area contributed by atoms with Crippen LogP contribution in [-0.4, -0.2) is 0 Å². The van der Waals surface area contributed by atoms with Gasteiger partial charge in [-0.05, 0) is 43.4 Å². The van der Waals surface area contributed by atoms with Gasteiger partial charge in [-0.15, -0.1) is 0 Å². The molecule has 1 fully saturated rings. The standard InChI is InChI=1S/C15H18/c1-3-10-4-2-6-13-14(12(10)5-1)8-7-11-9-15(11)13/h1-2,5-6,8,10-13,15H,3-4,7,9H2. The monoisotopic (exact) mass is 198 g/mol. The molecule has 4 aliphatic rings. The number of rotatable bonds is 0. The van der Waals surface area contributed by atoms with Gasteiger partial charge in [0.1, 0.15) is 0 Å². The van der Waals surface area contributed by atoms with Gasteiger partial charge < -0.3 is 0 Å². The lowest BCUT2D eigenvalue weighted by Gasteiger charge is -2.27. The normalized spacial score (nSPS) is 50.1. The Morgan fingerprint density at radius 3 is 2.53 bits per heavy atom. The molecule has 0 aromatic carbocycles.